The van der Waals surface area contributed by atoms with Gasteiger partial charge in [-0.15, -0.1) is 0 Å². The lowest BCUT2D eigenvalue weighted by molar-refractivity contribution is -0.131. The molecule has 126 valence electrons. The molecule has 2 saturated heterocycles. The Kier molecular flexibility index (Phi) is 5.30. The number of nitrogens with two attached hydrogens (primary N) is 1. The smallest absolute Gasteiger partial charge is 0.236 e. The lowest BCUT2D eigenvalue weighted by Crippen LogP contribution is -2.49. The molecule has 2 heterocycles. The summed E-state index contributed by atoms with van der Waals surface area (Å²) in [6.45, 7) is 9.35. The molecule has 23 heavy (non-hydrogen) atoms. The first-order valence-electron chi connectivity index (χ1n) is 8.70. The first-order valence-corrected chi connectivity index (χ1v) is 8.70. The van der Waals surface area contributed by atoms with Gasteiger partial charge in [0.1, 0.15) is 0 Å². The molecule has 1 aromatic rings. The number of benzene rings is 1. The maximum absolute atomic E-state index is 12.6. The molecule has 2 N–H and O–H groups in total. The van der Waals surface area contributed by atoms with E-state index in [-0.39, 0.29) is 17.9 Å². The molecule has 0 unspecified atom stereocenters. The van der Waals surface area contributed by atoms with Crippen LogP contribution in [0.3, 0.4) is 0 Å². The van der Waals surface area contributed by atoms with Gasteiger partial charge in [0.2, 0.25) is 5.91 Å². The molecular weight excluding hydrogens is 288 g/mol. The van der Waals surface area contributed by atoms with Gasteiger partial charge in [-0.05, 0) is 12.1 Å². The summed E-state index contributed by atoms with van der Waals surface area (Å²) in [5, 5.41) is 0. The maximum Gasteiger partial charge on any atom is 0.236 e. The van der Waals surface area contributed by atoms with Crippen molar-refractivity contribution in [3.8, 4) is 0 Å². The summed E-state index contributed by atoms with van der Waals surface area (Å²) in [6.07, 6.45) is 0. The van der Waals surface area contributed by atoms with Crippen LogP contribution < -0.4 is 5.73 Å². The molecule has 3 rings (SSSR count). The molecule has 2 fully saturated rings. The van der Waals surface area contributed by atoms with Crippen LogP contribution in [0.15, 0.2) is 30.3 Å². The first-order chi connectivity index (χ1) is 11.2. The Morgan fingerprint density at radius 1 is 1.09 bits per heavy atom. The van der Waals surface area contributed by atoms with Crippen LogP contribution in [0.1, 0.15) is 18.4 Å². The average Bonchev–Trinajstić information content (AvgIpc) is 2.98. The van der Waals surface area contributed by atoms with Crippen molar-refractivity contribution in [2.24, 2.45) is 5.73 Å². The predicted octanol–water partition coefficient (Wildman–Crippen LogP) is 0.577. The number of nitrogens with zero attached hydrogens (tertiary/aromatic N) is 3. The maximum atomic E-state index is 12.6. The quantitative estimate of drug-likeness (QED) is 0.883. The molecule has 0 spiro atoms. The Morgan fingerprint density at radius 2 is 1.74 bits per heavy atom. The van der Waals surface area contributed by atoms with Crippen molar-refractivity contribution < 1.29 is 4.79 Å². The molecule has 0 saturated carbocycles. The van der Waals surface area contributed by atoms with Gasteiger partial charge in [0, 0.05) is 51.2 Å². The van der Waals surface area contributed by atoms with Gasteiger partial charge in [-0.2, -0.15) is 0 Å². The second kappa shape index (κ2) is 7.43. The van der Waals surface area contributed by atoms with Gasteiger partial charge in [0.05, 0.1) is 6.54 Å². The highest BCUT2D eigenvalue weighted by atomic mass is 16.2. The van der Waals surface area contributed by atoms with Crippen LogP contribution in [-0.2, 0) is 4.79 Å². The van der Waals surface area contributed by atoms with Crippen LogP contribution in [0.2, 0.25) is 0 Å². The third-order valence-electron chi connectivity index (χ3n) is 5.22. The van der Waals surface area contributed by atoms with E-state index in [1.165, 1.54) is 5.56 Å². The lowest BCUT2D eigenvalue weighted by Gasteiger charge is -2.34. The summed E-state index contributed by atoms with van der Waals surface area (Å²) in [5.74, 6) is 0.487. The molecule has 0 radical (unpaired) electrons. The minimum atomic E-state index is 0.0401. The number of carbonyl (C=O) groups is 1. The summed E-state index contributed by atoms with van der Waals surface area (Å²) in [5.41, 5.74) is 7.54. The fourth-order valence-electron chi connectivity index (χ4n) is 3.64. The zero-order valence-electron chi connectivity index (χ0n) is 14.0. The second-order valence-corrected chi connectivity index (χ2v) is 6.69. The fourth-order valence-corrected chi connectivity index (χ4v) is 3.64. The molecule has 5 nitrogen and oxygen atoms in total. The molecule has 2 aliphatic rings. The molecule has 1 amide bonds. The number of piperazine rings is 1. The van der Waals surface area contributed by atoms with Gasteiger partial charge in [-0.1, -0.05) is 37.3 Å². The van der Waals surface area contributed by atoms with Crippen LogP contribution >= 0.6 is 0 Å². The van der Waals surface area contributed by atoms with Gasteiger partial charge >= 0.3 is 0 Å². The zero-order valence-corrected chi connectivity index (χ0v) is 14.0. The highest BCUT2D eigenvalue weighted by Crippen LogP contribution is 2.26. The average molecular weight is 316 g/mol. The molecule has 5 heteroatoms. The minimum Gasteiger partial charge on any atom is -0.339 e. The van der Waals surface area contributed by atoms with Crippen LogP contribution in [0.25, 0.3) is 0 Å². The number of hydrogen-bond donors (Lipinski definition) is 1. The fraction of sp³-hybridized carbons (Fsp3) is 0.611. The van der Waals surface area contributed by atoms with E-state index in [1.807, 2.05) is 23.1 Å². The lowest BCUT2D eigenvalue weighted by atomic mass is 9.95. The van der Waals surface area contributed by atoms with E-state index in [9.17, 15) is 4.79 Å². The van der Waals surface area contributed by atoms with Crippen LogP contribution in [0, 0.1) is 0 Å². The Labute approximate surface area is 139 Å². The van der Waals surface area contributed by atoms with Crippen LogP contribution in [0.5, 0.6) is 0 Å². The molecule has 0 aromatic heterocycles. The number of likely N-dealkylation sites (tertiary alicyclic amines) is 1. The van der Waals surface area contributed by atoms with Crippen LogP contribution in [0.4, 0.5) is 0 Å². The Balaban J connectivity index is 1.53. The summed E-state index contributed by atoms with van der Waals surface area (Å²) < 4.78 is 0. The highest BCUT2D eigenvalue weighted by Gasteiger charge is 2.34. The topological polar surface area (TPSA) is 52.8 Å². The number of rotatable bonds is 4. The molecule has 2 aliphatic heterocycles. The summed E-state index contributed by atoms with van der Waals surface area (Å²) in [4.78, 5) is 19.3. The minimum absolute atomic E-state index is 0.0401. The van der Waals surface area contributed by atoms with Gasteiger partial charge in [-0.25, -0.2) is 0 Å². The third kappa shape index (κ3) is 3.91. The molecule has 1 aromatic carbocycles. The van der Waals surface area contributed by atoms with Gasteiger partial charge in [0.25, 0.3) is 0 Å². The van der Waals surface area contributed by atoms with E-state index in [4.69, 9.17) is 5.73 Å². The number of likely N-dealkylation sites (N-methyl/N-ethyl adjacent to an activating group) is 1. The monoisotopic (exact) mass is 316 g/mol. The SMILES string of the molecule is CCN1CCN(CC(=O)N2C[C@@H](N)[C@H](c3ccccc3)C2)CC1. The summed E-state index contributed by atoms with van der Waals surface area (Å²) in [7, 11) is 0. The van der Waals surface area contributed by atoms with Crippen molar-refractivity contribution in [3.05, 3.63) is 35.9 Å². The highest BCUT2D eigenvalue weighted by molar-refractivity contribution is 5.79. The zero-order chi connectivity index (χ0) is 16.2. The van der Waals surface area contributed by atoms with Crippen molar-refractivity contribution in [2.45, 2.75) is 18.9 Å². The normalized spacial score (nSPS) is 26.6. The van der Waals surface area contributed by atoms with Crippen molar-refractivity contribution in [2.75, 3.05) is 52.4 Å². The Morgan fingerprint density at radius 3 is 2.39 bits per heavy atom. The van der Waals surface area contributed by atoms with E-state index in [2.05, 4.69) is 28.9 Å². The van der Waals surface area contributed by atoms with Gasteiger partial charge < -0.3 is 15.5 Å². The molecular formula is C18H28N4O. The Hall–Kier alpha value is -1.43. The van der Waals surface area contributed by atoms with Gasteiger partial charge in [0.15, 0.2) is 0 Å². The van der Waals surface area contributed by atoms with Crippen LogP contribution in [-0.4, -0.2) is 79.0 Å². The largest absolute Gasteiger partial charge is 0.339 e. The van der Waals surface area contributed by atoms with E-state index in [1.54, 1.807) is 0 Å². The second-order valence-electron chi connectivity index (χ2n) is 6.69. The van der Waals surface area contributed by atoms with E-state index >= 15 is 0 Å². The van der Waals surface area contributed by atoms with E-state index < -0.39 is 0 Å². The van der Waals surface area contributed by atoms with Crippen molar-refractivity contribution in [3.63, 3.8) is 0 Å². The third-order valence-corrected chi connectivity index (χ3v) is 5.22. The van der Waals surface area contributed by atoms with Crippen molar-refractivity contribution >= 4 is 5.91 Å². The van der Waals surface area contributed by atoms with E-state index in [0.717, 1.165) is 39.3 Å². The van der Waals surface area contributed by atoms with Crippen molar-refractivity contribution in [1.29, 1.82) is 0 Å². The summed E-state index contributed by atoms with van der Waals surface area (Å²) >= 11 is 0. The van der Waals surface area contributed by atoms with E-state index in [0.29, 0.717) is 13.1 Å². The molecule has 2 atom stereocenters. The summed E-state index contributed by atoms with van der Waals surface area (Å²) in [6, 6.07) is 10.4. The standard InChI is InChI=1S/C18H28N4O/c1-2-20-8-10-21(11-9-20)14-18(23)22-12-16(17(19)13-22)15-6-4-3-5-7-15/h3-7,16-17H,2,8-14,19H2,1H3/t16-,17+/m0/s1. The number of carbonyl (C=O) groups excluding carboxylic acids is 1. The number of amides is 1. The van der Waals surface area contributed by atoms with Gasteiger partial charge in [-0.3, -0.25) is 9.69 Å². The predicted molar refractivity (Wildman–Crippen MR) is 92.3 cm³/mol. The first kappa shape index (κ1) is 16.4. The molecule has 0 aliphatic carbocycles. The Bertz CT molecular complexity index is 513. The van der Waals surface area contributed by atoms with Crippen molar-refractivity contribution in [1.82, 2.24) is 14.7 Å². The molecule has 0 bridgehead atoms. The number of hydrogen-bond acceptors (Lipinski definition) is 4.